The molecule has 0 bridgehead atoms. The second kappa shape index (κ2) is 5.67. The van der Waals surface area contributed by atoms with Crippen LogP contribution in [0.1, 0.15) is 32.1 Å². The van der Waals surface area contributed by atoms with E-state index in [1.807, 2.05) is 0 Å². The van der Waals surface area contributed by atoms with Crippen LogP contribution in [0.4, 0.5) is 0 Å². The molecule has 0 aromatic carbocycles. The Morgan fingerprint density at radius 2 is 2.10 bits per heavy atom. The molecule has 1 amide bonds. The molecule has 2 aliphatic rings. The largest absolute Gasteiger partial charge is 0.479 e. The highest BCUT2D eigenvalue weighted by Gasteiger charge is 2.67. The summed E-state index contributed by atoms with van der Waals surface area (Å²) < 4.78 is 0. The molecule has 0 radical (unpaired) electrons. The molecule has 2 rings (SSSR count). The molecule has 0 unspecified atom stereocenters. The summed E-state index contributed by atoms with van der Waals surface area (Å²) in [7, 11) is 0. The van der Waals surface area contributed by atoms with Crippen molar-refractivity contribution in [2.45, 2.75) is 49.8 Å². The Morgan fingerprint density at radius 3 is 2.55 bits per heavy atom. The first kappa shape index (κ1) is 15.2. The highest BCUT2D eigenvalue weighted by Crippen LogP contribution is 2.57. The van der Waals surface area contributed by atoms with Crippen LogP contribution in [0.5, 0.6) is 0 Å². The van der Waals surface area contributed by atoms with Crippen molar-refractivity contribution >= 4 is 11.9 Å². The van der Waals surface area contributed by atoms with Crippen molar-refractivity contribution in [3.8, 4) is 0 Å². The fraction of sp³-hybridized carbons (Fsp3) is 0.846. The van der Waals surface area contributed by atoms with E-state index >= 15 is 0 Å². The number of nitrogens with two attached hydrogens (primary N) is 2. The average Bonchev–Trinajstić information content (AvgIpc) is 3.13. The monoisotopic (exact) mass is 285 g/mol. The summed E-state index contributed by atoms with van der Waals surface area (Å²) in [6.45, 7) is 0.545. The van der Waals surface area contributed by atoms with Crippen LogP contribution in [-0.2, 0) is 9.59 Å². The Bertz CT molecular complexity index is 403. The summed E-state index contributed by atoms with van der Waals surface area (Å²) in [5.74, 6) is -1.71. The van der Waals surface area contributed by atoms with Gasteiger partial charge in [-0.1, -0.05) is 6.42 Å². The highest BCUT2D eigenvalue weighted by atomic mass is 16.4. The van der Waals surface area contributed by atoms with Crippen molar-refractivity contribution in [2.24, 2.45) is 23.3 Å². The quantitative estimate of drug-likeness (QED) is 0.372. The maximum absolute atomic E-state index is 12.1. The van der Waals surface area contributed by atoms with Gasteiger partial charge in [-0.25, -0.2) is 4.79 Å². The predicted octanol–water partition coefficient (Wildman–Crippen LogP) is -1.22. The Hall–Kier alpha value is -1.18. The molecular weight excluding hydrogens is 262 g/mol. The molecule has 7 heteroatoms. The van der Waals surface area contributed by atoms with Gasteiger partial charge in [0.05, 0.1) is 12.1 Å². The molecule has 5 atom stereocenters. The third kappa shape index (κ3) is 2.65. The smallest absolute Gasteiger partial charge is 0.329 e. The second-order valence-electron chi connectivity index (χ2n) is 5.93. The van der Waals surface area contributed by atoms with Crippen LogP contribution < -0.4 is 16.8 Å². The van der Waals surface area contributed by atoms with Crippen molar-refractivity contribution in [1.82, 2.24) is 5.32 Å². The van der Waals surface area contributed by atoms with Gasteiger partial charge in [-0.2, -0.15) is 0 Å². The molecule has 0 heterocycles. The van der Waals surface area contributed by atoms with Crippen LogP contribution in [0, 0.1) is 11.8 Å². The van der Waals surface area contributed by atoms with E-state index in [2.05, 4.69) is 5.32 Å². The minimum atomic E-state index is -1.34. The van der Waals surface area contributed by atoms with E-state index in [-0.39, 0.29) is 18.3 Å². The molecule has 114 valence electrons. The molecule has 0 spiro atoms. The highest BCUT2D eigenvalue weighted by molar-refractivity contribution is 5.90. The zero-order valence-electron chi connectivity index (χ0n) is 11.4. The fourth-order valence-corrected chi connectivity index (χ4v) is 3.23. The number of hydrogen-bond acceptors (Lipinski definition) is 5. The molecule has 7 nitrogen and oxygen atoms in total. The van der Waals surface area contributed by atoms with E-state index in [0.717, 1.165) is 12.8 Å². The Morgan fingerprint density at radius 1 is 1.40 bits per heavy atom. The number of aliphatic carboxylic acids is 1. The zero-order valence-corrected chi connectivity index (χ0v) is 11.4. The Balaban J connectivity index is 1.96. The van der Waals surface area contributed by atoms with Crippen LogP contribution in [-0.4, -0.2) is 46.3 Å². The van der Waals surface area contributed by atoms with E-state index in [0.29, 0.717) is 19.4 Å². The van der Waals surface area contributed by atoms with E-state index in [1.165, 1.54) is 0 Å². The third-order valence-electron chi connectivity index (χ3n) is 4.53. The molecule has 0 aliphatic heterocycles. The van der Waals surface area contributed by atoms with Crippen molar-refractivity contribution in [3.63, 3.8) is 0 Å². The number of unbranched alkanes of at least 4 members (excludes halogenated alkanes) is 1. The maximum atomic E-state index is 12.1. The number of carbonyl (C=O) groups is 2. The number of rotatable bonds is 7. The predicted molar refractivity (Wildman–Crippen MR) is 71.6 cm³/mol. The fourth-order valence-electron chi connectivity index (χ4n) is 3.23. The van der Waals surface area contributed by atoms with Gasteiger partial charge in [0.15, 0.2) is 0 Å². The van der Waals surface area contributed by atoms with E-state index in [1.54, 1.807) is 0 Å². The van der Waals surface area contributed by atoms with Crippen molar-refractivity contribution < 1.29 is 19.8 Å². The first-order chi connectivity index (χ1) is 9.42. The number of aliphatic hydroxyl groups excluding tert-OH is 1. The SMILES string of the molecule is NCCCC[C@H](N)C(=O)N[C@@]1(C(=O)O)C[C@H](O)[C@H]2C[C@H]21. The van der Waals surface area contributed by atoms with Gasteiger partial charge in [0.25, 0.3) is 0 Å². The van der Waals surface area contributed by atoms with E-state index in [9.17, 15) is 19.8 Å². The van der Waals surface area contributed by atoms with Crippen LogP contribution in [0.25, 0.3) is 0 Å². The lowest BCUT2D eigenvalue weighted by molar-refractivity contribution is -0.149. The number of nitrogens with one attached hydrogen (secondary N) is 1. The molecule has 2 aliphatic carbocycles. The standard InChI is InChI=1S/C13H23N3O4/c14-4-2-1-3-9(15)11(18)16-13(12(19)20)6-10(17)7-5-8(7)13/h7-10,17H,1-6,14-15H2,(H,16,18)(H,19,20)/t7-,8+,9-,10-,13-/m0/s1. The zero-order chi connectivity index (χ0) is 14.9. The molecule has 0 aromatic rings. The minimum Gasteiger partial charge on any atom is -0.479 e. The van der Waals surface area contributed by atoms with Gasteiger partial charge in [-0.3, -0.25) is 4.79 Å². The lowest BCUT2D eigenvalue weighted by Crippen LogP contribution is -2.59. The summed E-state index contributed by atoms with van der Waals surface area (Å²) in [6, 6.07) is -0.729. The van der Waals surface area contributed by atoms with Crippen LogP contribution in [0.2, 0.25) is 0 Å². The van der Waals surface area contributed by atoms with Gasteiger partial charge >= 0.3 is 5.97 Å². The normalized spacial score (nSPS) is 36.2. The number of hydrogen-bond donors (Lipinski definition) is 5. The lowest BCUT2D eigenvalue weighted by Gasteiger charge is -2.29. The molecule has 0 aromatic heterocycles. The Labute approximate surface area is 117 Å². The maximum Gasteiger partial charge on any atom is 0.329 e. The summed E-state index contributed by atoms with van der Waals surface area (Å²) in [5.41, 5.74) is 9.82. The van der Waals surface area contributed by atoms with Crippen molar-refractivity contribution in [3.05, 3.63) is 0 Å². The number of aliphatic hydroxyl groups is 1. The van der Waals surface area contributed by atoms with Crippen LogP contribution in [0.15, 0.2) is 0 Å². The third-order valence-corrected chi connectivity index (χ3v) is 4.53. The molecule has 2 saturated carbocycles. The summed E-state index contributed by atoms with van der Waals surface area (Å²) in [4.78, 5) is 23.6. The lowest BCUT2D eigenvalue weighted by atomic mass is 9.91. The number of fused-ring (bicyclic) bond motifs is 1. The summed E-state index contributed by atoms with van der Waals surface area (Å²) >= 11 is 0. The van der Waals surface area contributed by atoms with Gasteiger partial charge in [0, 0.05) is 6.42 Å². The van der Waals surface area contributed by atoms with Gasteiger partial charge in [0.1, 0.15) is 5.54 Å². The number of carboxylic acids is 1. The first-order valence-electron chi connectivity index (χ1n) is 7.11. The van der Waals surface area contributed by atoms with Crippen LogP contribution in [0.3, 0.4) is 0 Å². The van der Waals surface area contributed by atoms with Crippen molar-refractivity contribution in [2.75, 3.05) is 6.54 Å². The van der Waals surface area contributed by atoms with Gasteiger partial charge < -0.3 is 27.0 Å². The minimum absolute atomic E-state index is 0.000125. The van der Waals surface area contributed by atoms with Crippen LogP contribution >= 0.6 is 0 Å². The number of amides is 1. The Kier molecular flexibility index (Phi) is 4.31. The molecule has 2 fully saturated rings. The topological polar surface area (TPSA) is 139 Å². The van der Waals surface area contributed by atoms with Gasteiger partial charge in [-0.15, -0.1) is 0 Å². The molecule has 0 saturated heterocycles. The van der Waals surface area contributed by atoms with Gasteiger partial charge in [0.2, 0.25) is 5.91 Å². The second-order valence-corrected chi connectivity index (χ2v) is 5.93. The summed E-state index contributed by atoms with van der Waals surface area (Å²) in [5, 5.41) is 21.8. The van der Waals surface area contributed by atoms with E-state index < -0.39 is 29.6 Å². The molecule has 20 heavy (non-hydrogen) atoms. The van der Waals surface area contributed by atoms with Gasteiger partial charge in [-0.05, 0) is 37.6 Å². The molecule has 7 N–H and O–H groups in total. The number of carboxylic acid groups (broad SMARTS) is 1. The van der Waals surface area contributed by atoms with Crippen molar-refractivity contribution in [1.29, 1.82) is 0 Å². The summed E-state index contributed by atoms with van der Waals surface area (Å²) in [6.07, 6.45) is 2.07. The molecular formula is C13H23N3O4. The number of carbonyl (C=O) groups excluding carboxylic acids is 1. The van der Waals surface area contributed by atoms with E-state index in [4.69, 9.17) is 11.5 Å². The average molecular weight is 285 g/mol. The first-order valence-corrected chi connectivity index (χ1v) is 7.11.